The van der Waals surface area contributed by atoms with Gasteiger partial charge in [-0.05, 0) is 40.0 Å². The smallest absolute Gasteiger partial charge is 0.416 e. The van der Waals surface area contributed by atoms with Crippen molar-refractivity contribution in [2.75, 3.05) is 12.4 Å². The molecule has 0 fully saturated rings. The Bertz CT molecular complexity index is 489. The van der Waals surface area contributed by atoms with Crippen LogP contribution in [-0.4, -0.2) is 19.1 Å². The molecule has 0 heterocycles. The molecule has 0 aliphatic heterocycles. The third kappa shape index (κ3) is 4.13. The summed E-state index contributed by atoms with van der Waals surface area (Å²) >= 11 is 3.07. The predicted octanol–water partition coefficient (Wildman–Crippen LogP) is 4.08. The highest BCUT2D eigenvalue weighted by atomic mass is 79.9. The highest BCUT2D eigenvalue weighted by Gasteiger charge is 2.31. The number of benzene rings is 1. The number of carbonyl (C=O) groups is 1. The van der Waals surface area contributed by atoms with Crippen molar-refractivity contribution in [3.8, 4) is 0 Å². The second-order valence-electron chi connectivity index (χ2n) is 4.58. The first-order valence-corrected chi connectivity index (χ1v) is 6.67. The number of anilines is 1. The van der Waals surface area contributed by atoms with Crippen molar-refractivity contribution in [3.05, 3.63) is 28.2 Å². The van der Waals surface area contributed by atoms with Crippen LogP contribution in [0.4, 0.5) is 18.9 Å². The van der Waals surface area contributed by atoms with Crippen LogP contribution in [0, 0.1) is 5.92 Å². The highest BCUT2D eigenvalue weighted by molar-refractivity contribution is 9.10. The molecule has 0 bridgehead atoms. The summed E-state index contributed by atoms with van der Waals surface area (Å²) in [6.45, 7) is 3.62. The van der Waals surface area contributed by atoms with Gasteiger partial charge in [0.15, 0.2) is 0 Å². The van der Waals surface area contributed by atoms with Gasteiger partial charge in [0.1, 0.15) is 6.04 Å². The molecule has 0 spiro atoms. The van der Waals surface area contributed by atoms with Gasteiger partial charge >= 0.3 is 12.1 Å². The summed E-state index contributed by atoms with van der Waals surface area (Å²) in [6.07, 6.45) is -4.40. The molecule has 3 nitrogen and oxygen atoms in total. The second kappa shape index (κ2) is 6.47. The SMILES string of the molecule is COC(=O)C(Nc1ccc(C(F)(F)F)cc1Br)C(C)C. The van der Waals surface area contributed by atoms with Gasteiger partial charge in [0.2, 0.25) is 0 Å². The van der Waals surface area contributed by atoms with E-state index >= 15 is 0 Å². The fourth-order valence-electron chi connectivity index (χ4n) is 1.60. The number of methoxy groups -OCH3 is 1. The molecule has 0 radical (unpaired) electrons. The van der Waals surface area contributed by atoms with Crippen LogP contribution in [0.3, 0.4) is 0 Å². The van der Waals surface area contributed by atoms with Gasteiger partial charge in [-0.25, -0.2) is 4.79 Å². The molecule has 7 heteroatoms. The Balaban J connectivity index is 3.00. The van der Waals surface area contributed by atoms with E-state index in [4.69, 9.17) is 0 Å². The lowest BCUT2D eigenvalue weighted by Gasteiger charge is -2.22. The molecule has 0 saturated heterocycles. The van der Waals surface area contributed by atoms with Crippen LogP contribution in [0.15, 0.2) is 22.7 Å². The Kier molecular flexibility index (Phi) is 5.44. The molecule has 1 aromatic carbocycles. The van der Waals surface area contributed by atoms with E-state index in [2.05, 4.69) is 26.0 Å². The minimum Gasteiger partial charge on any atom is -0.467 e. The number of nitrogens with one attached hydrogen (secondary N) is 1. The summed E-state index contributed by atoms with van der Waals surface area (Å²) in [6, 6.07) is 2.58. The number of alkyl halides is 3. The van der Waals surface area contributed by atoms with Crippen LogP contribution >= 0.6 is 15.9 Å². The maximum Gasteiger partial charge on any atom is 0.416 e. The van der Waals surface area contributed by atoms with Gasteiger partial charge in [0.05, 0.1) is 12.7 Å². The Hall–Kier alpha value is -1.24. The molecule has 20 heavy (non-hydrogen) atoms. The molecule has 0 aromatic heterocycles. The number of halogens is 4. The Morgan fingerprint density at radius 1 is 1.35 bits per heavy atom. The fraction of sp³-hybridized carbons (Fsp3) is 0.462. The summed E-state index contributed by atoms with van der Waals surface area (Å²) < 4.78 is 42.6. The van der Waals surface area contributed by atoms with Gasteiger partial charge in [-0.2, -0.15) is 13.2 Å². The van der Waals surface area contributed by atoms with E-state index in [-0.39, 0.29) is 10.4 Å². The van der Waals surface area contributed by atoms with E-state index in [0.29, 0.717) is 5.69 Å². The number of rotatable bonds is 4. The van der Waals surface area contributed by atoms with Gasteiger partial charge in [-0.1, -0.05) is 13.8 Å². The number of ether oxygens (including phenoxy) is 1. The van der Waals surface area contributed by atoms with E-state index in [1.807, 2.05) is 13.8 Å². The van der Waals surface area contributed by atoms with Crippen molar-refractivity contribution < 1.29 is 22.7 Å². The zero-order chi connectivity index (χ0) is 15.5. The molecular weight excluding hydrogens is 339 g/mol. The molecule has 1 atom stereocenters. The first kappa shape index (κ1) is 16.8. The molecule has 1 aromatic rings. The lowest BCUT2D eigenvalue weighted by molar-refractivity contribution is -0.142. The molecule has 0 amide bonds. The zero-order valence-electron chi connectivity index (χ0n) is 11.2. The van der Waals surface area contributed by atoms with Gasteiger partial charge in [0.25, 0.3) is 0 Å². The molecule has 0 aliphatic carbocycles. The standard InChI is InChI=1S/C13H15BrF3NO2/c1-7(2)11(12(19)20-3)18-10-5-4-8(6-9(10)14)13(15,16)17/h4-7,11,18H,1-3H3. The average Bonchev–Trinajstić information content (AvgIpc) is 2.34. The number of hydrogen-bond donors (Lipinski definition) is 1. The molecule has 1 N–H and O–H groups in total. The third-order valence-corrected chi connectivity index (χ3v) is 3.39. The van der Waals surface area contributed by atoms with E-state index in [0.717, 1.165) is 12.1 Å². The molecule has 1 unspecified atom stereocenters. The quantitative estimate of drug-likeness (QED) is 0.829. The van der Waals surface area contributed by atoms with E-state index in [9.17, 15) is 18.0 Å². The van der Waals surface area contributed by atoms with Crippen LogP contribution in [0.5, 0.6) is 0 Å². The van der Waals surface area contributed by atoms with Gasteiger partial charge < -0.3 is 10.1 Å². The second-order valence-corrected chi connectivity index (χ2v) is 5.44. The Labute approximate surface area is 123 Å². The van der Waals surface area contributed by atoms with E-state index < -0.39 is 23.8 Å². The maximum atomic E-state index is 12.6. The average molecular weight is 354 g/mol. The monoisotopic (exact) mass is 353 g/mol. The first-order chi connectivity index (χ1) is 9.16. The Morgan fingerprint density at radius 3 is 2.35 bits per heavy atom. The first-order valence-electron chi connectivity index (χ1n) is 5.88. The molecular formula is C13H15BrF3NO2. The summed E-state index contributed by atoms with van der Waals surface area (Å²) in [5.41, 5.74) is -0.351. The topological polar surface area (TPSA) is 38.3 Å². The maximum absolute atomic E-state index is 12.6. The van der Waals surface area contributed by atoms with Crippen molar-refractivity contribution in [2.45, 2.75) is 26.1 Å². The largest absolute Gasteiger partial charge is 0.467 e. The van der Waals surface area contributed by atoms with E-state index in [1.54, 1.807) is 0 Å². The Morgan fingerprint density at radius 2 is 1.95 bits per heavy atom. The highest BCUT2D eigenvalue weighted by Crippen LogP contribution is 2.34. The zero-order valence-corrected chi connectivity index (χ0v) is 12.8. The minimum absolute atomic E-state index is 0.0726. The van der Waals surface area contributed by atoms with Crippen LogP contribution in [0.2, 0.25) is 0 Å². The molecule has 0 aliphatic rings. The molecule has 0 saturated carbocycles. The summed E-state index contributed by atoms with van der Waals surface area (Å²) in [4.78, 5) is 11.6. The predicted molar refractivity (Wildman–Crippen MR) is 73.4 cm³/mol. The van der Waals surface area contributed by atoms with Crippen LogP contribution in [-0.2, 0) is 15.7 Å². The van der Waals surface area contributed by atoms with Crippen LogP contribution in [0.1, 0.15) is 19.4 Å². The van der Waals surface area contributed by atoms with Gasteiger partial charge in [-0.15, -0.1) is 0 Å². The van der Waals surface area contributed by atoms with Gasteiger partial charge in [-0.3, -0.25) is 0 Å². The van der Waals surface area contributed by atoms with Crippen LogP contribution in [0.25, 0.3) is 0 Å². The van der Waals surface area contributed by atoms with Crippen molar-refractivity contribution in [1.82, 2.24) is 0 Å². The normalized spacial score (nSPS) is 13.2. The number of hydrogen-bond acceptors (Lipinski definition) is 3. The van der Waals surface area contributed by atoms with Crippen molar-refractivity contribution in [3.63, 3.8) is 0 Å². The van der Waals surface area contributed by atoms with Gasteiger partial charge in [0, 0.05) is 10.2 Å². The fourth-order valence-corrected chi connectivity index (χ4v) is 2.09. The minimum atomic E-state index is -4.40. The van der Waals surface area contributed by atoms with Crippen LogP contribution < -0.4 is 5.32 Å². The summed E-state index contributed by atoms with van der Waals surface area (Å²) in [7, 11) is 1.27. The molecule has 112 valence electrons. The van der Waals surface area contributed by atoms with Crippen molar-refractivity contribution >= 4 is 27.6 Å². The lowest BCUT2D eigenvalue weighted by atomic mass is 10.0. The molecule has 1 rings (SSSR count). The van der Waals surface area contributed by atoms with Crippen molar-refractivity contribution in [1.29, 1.82) is 0 Å². The summed E-state index contributed by atoms with van der Waals surface area (Å²) in [5, 5.41) is 2.89. The van der Waals surface area contributed by atoms with E-state index in [1.165, 1.54) is 13.2 Å². The van der Waals surface area contributed by atoms with Crippen molar-refractivity contribution in [2.24, 2.45) is 5.92 Å². The summed E-state index contributed by atoms with van der Waals surface area (Å²) in [5.74, 6) is -0.538. The number of esters is 1. The lowest BCUT2D eigenvalue weighted by Crippen LogP contribution is -2.35. The number of carbonyl (C=O) groups excluding carboxylic acids is 1. The third-order valence-electron chi connectivity index (χ3n) is 2.73.